The highest BCUT2D eigenvalue weighted by atomic mass is 32.4. The van der Waals surface area contributed by atoms with Crippen molar-refractivity contribution in [2.75, 3.05) is 17.3 Å². The van der Waals surface area contributed by atoms with Gasteiger partial charge in [-0.2, -0.15) is 27.0 Å². The lowest BCUT2D eigenvalue weighted by Crippen LogP contribution is -2.37. The van der Waals surface area contributed by atoms with E-state index in [0.717, 1.165) is 0 Å². The first-order chi connectivity index (χ1) is 7.05. The average Bonchev–Trinajstić information content (AvgIpc) is 2.10. The average molecular weight is 299 g/mol. The van der Waals surface area contributed by atoms with Crippen molar-refractivity contribution >= 4 is 31.0 Å². The molecule has 0 aliphatic rings. The van der Waals surface area contributed by atoms with Gasteiger partial charge in [-0.25, -0.2) is 0 Å². The van der Waals surface area contributed by atoms with Crippen LogP contribution in [0.25, 0.3) is 0 Å². The van der Waals surface area contributed by atoms with Crippen LogP contribution < -0.4 is 0 Å². The van der Waals surface area contributed by atoms with Gasteiger partial charge in [-0.1, -0.05) is 28.5 Å². The fraction of sp³-hybridized carbons (Fsp3) is 1.00. The van der Waals surface area contributed by atoms with E-state index in [4.69, 9.17) is 0 Å². The summed E-state index contributed by atoms with van der Waals surface area (Å²) >= 11 is 0. The van der Waals surface area contributed by atoms with Crippen LogP contribution in [0, 0.1) is 0 Å². The molecule has 0 aromatic carbocycles. The molecule has 5 nitrogen and oxygen atoms in total. The Bertz CT molecular complexity index is 388. The lowest BCUT2D eigenvalue weighted by molar-refractivity contribution is 0.498. The molecule has 100 valence electrons. The SMILES string of the molecule is CCS(CC)(CC)N(S(=O)(=O)F)S(=O)(=O)F. The number of hydrogen-bond donors (Lipinski definition) is 0. The predicted octanol–water partition coefficient (Wildman–Crippen LogP) is 1.50. The van der Waals surface area contributed by atoms with E-state index < -0.39 is 34.1 Å². The summed E-state index contributed by atoms with van der Waals surface area (Å²) in [6.07, 6.45) is 0. The quantitative estimate of drug-likeness (QED) is 0.697. The number of rotatable bonds is 6. The van der Waals surface area contributed by atoms with Gasteiger partial charge in [0.1, 0.15) is 0 Å². The van der Waals surface area contributed by atoms with E-state index in [0.29, 0.717) is 0 Å². The molecule has 0 saturated carbocycles. The van der Waals surface area contributed by atoms with Crippen molar-refractivity contribution in [3.8, 4) is 0 Å². The van der Waals surface area contributed by atoms with Crippen LogP contribution >= 0.6 is 10.2 Å². The second-order valence-electron chi connectivity index (χ2n) is 2.91. The maximum Gasteiger partial charge on any atom is 0.398 e. The molecule has 0 saturated heterocycles. The fourth-order valence-corrected chi connectivity index (χ4v) is 9.04. The first kappa shape index (κ1) is 16.1. The summed E-state index contributed by atoms with van der Waals surface area (Å²) in [6, 6.07) is 0. The minimum atomic E-state index is -5.61. The summed E-state index contributed by atoms with van der Waals surface area (Å²) in [6.45, 7) is 4.52. The highest BCUT2D eigenvalue weighted by Gasteiger charge is 2.45. The molecule has 0 fully saturated rings. The van der Waals surface area contributed by atoms with Crippen molar-refractivity contribution in [1.82, 2.24) is 3.12 Å². The van der Waals surface area contributed by atoms with Crippen molar-refractivity contribution in [2.45, 2.75) is 20.8 Å². The van der Waals surface area contributed by atoms with Gasteiger partial charge < -0.3 is 0 Å². The van der Waals surface area contributed by atoms with E-state index in [-0.39, 0.29) is 17.3 Å². The van der Waals surface area contributed by atoms with Crippen LogP contribution in [-0.4, -0.2) is 37.2 Å². The molecule has 0 aliphatic carbocycles. The molecular formula is C6H15F2NO4S3. The van der Waals surface area contributed by atoms with Gasteiger partial charge in [0.25, 0.3) is 0 Å². The summed E-state index contributed by atoms with van der Waals surface area (Å²) in [5.41, 5.74) is 0. The zero-order valence-electron chi connectivity index (χ0n) is 9.18. The van der Waals surface area contributed by atoms with Gasteiger partial charge in [0.2, 0.25) is 0 Å². The summed E-state index contributed by atoms with van der Waals surface area (Å²) < 4.78 is 68.3. The first-order valence-electron chi connectivity index (χ1n) is 4.51. The normalized spacial score (nSPS) is 15.4. The maximum atomic E-state index is 12.9. The van der Waals surface area contributed by atoms with Crippen LogP contribution in [0.2, 0.25) is 0 Å². The lowest BCUT2D eigenvalue weighted by atomic mass is 10.9. The molecular weight excluding hydrogens is 284 g/mol. The standard InChI is InChI=1S/C6H15F2NO4S3/c1-4-14(5-2,6-3)9(15(7,10)11)16(8,12)13/h4-6H2,1-3H3. The van der Waals surface area contributed by atoms with Crippen molar-refractivity contribution in [2.24, 2.45) is 0 Å². The molecule has 0 aromatic heterocycles. The molecule has 10 heteroatoms. The van der Waals surface area contributed by atoms with Gasteiger partial charge in [0, 0.05) is 0 Å². The predicted molar refractivity (Wildman–Crippen MR) is 61.1 cm³/mol. The fourth-order valence-electron chi connectivity index (χ4n) is 1.41. The van der Waals surface area contributed by atoms with Gasteiger partial charge >= 0.3 is 20.8 Å². The van der Waals surface area contributed by atoms with Gasteiger partial charge in [0.15, 0.2) is 0 Å². The highest BCUT2D eigenvalue weighted by Crippen LogP contribution is 2.54. The monoisotopic (exact) mass is 299 g/mol. The van der Waals surface area contributed by atoms with E-state index in [1.807, 2.05) is 0 Å². The summed E-state index contributed by atoms with van der Waals surface area (Å²) in [5.74, 6) is 0.227. The van der Waals surface area contributed by atoms with Crippen molar-refractivity contribution in [1.29, 1.82) is 0 Å². The van der Waals surface area contributed by atoms with Crippen molar-refractivity contribution < 1.29 is 24.6 Å². The molecule has 0 atom stereocenters. The number of nitrogens with zero attached hydrogens (tertiary/aromatic N) is 1. The van der Waals surface area contributed by atoms with E-state index >= 15 is 0 Å². The Hall–Kier alpha value is 0.0700. The minimum absolute atomic E-state index is 0.0757. The molecule has 0 aliphatic heterocycles. The van der Waals surface area contributed by atoms with Gasteiger partial charge in [0.05, 0.1) is 0 Å². The third kappa shape index (κ3) is 3.28. The van der Waals surface area contributed by atoms with Gasteiger partial charge in [-0.3, -0.25) is 0 Å². The molecule has 0 heterocycles. The zero-order chi connectivity index (χ0) is 13.2. The largest absolute Gasteiger partial charge is 0.398 e. The van der Waals surface area contributed by atoms with Crippen LogP contribution in [0.4, 0.5) is 7.77 Å². The second-order valence-corrected chi connectivity index (χ2v) is 10.1. The Kier molecular flexibility index (Phi) is 5.17. The number of halogens is 2. The Morgan fingerprint density at radius 2 is 1.06 bits per heavy atom. The molecule has 0 unspecified atom stereocenters. The Balaban J connectivity index is 5.89. The van der Waals surface area contributed by atoms with Crippen LogP contribution in [0.3, 0.4) is 0 Å². The Morgan fingerprint density at radius 3 is 1.12 bits per heavy atom. The van der Waals surface area contributed by atoms with Gasteiger partial charge in [-0.15, -0.1) is 0 Å². The molecule has 16 heavy (non-hydrogen) atoms. The van der Waals surface area contributed by atoms with E-state index in [2.05, 4.69) is 0 Å². The molecule has 0 rings (SSSR count). The second kappa shape index (κ2) is 5.15. The van der Waals surface area contributed by atoms with Crippen LogP contribution in [0.1, 0.15) is 20.8 Å². The highest BCUT2D eigenvalue weighted by molar-refractivity contribution is 8.40. The first-order valence-corrected chi connectivity index (χ1v) is 9.29. The molecule has 0 amide bonds. The zero-order valence-corrected chi connectivity index (χ0v) is 11.6. The third-order valence-electron chi connectivity index (χ3n) is 2.28. The summed E-state index contributed by atoms with van der Waals surface area (Å²) in [7, 11) is -13.8. The van der Waals surface area contributed by atoms with E-state index in [9.17, 15) is 24.6 Å². The Morgan fingerprint density at radius 1 is 0.812 bits per heavy atom. The number of hydrogen-bond acceptors (Lipinski definition) is 4. The van der Waals surface area contributed by atoms with Gasteiger partial charge in [-0.05, 0) is 20.4 Å². The van der Waals surface area contributed by atoms with Crippen molar-refractivity contribution in [3.05, 3.63) is 0 Å². The van der Waals surface area contributed by atoms with Crippen molar-refractivity contribution in [3.63, 3.8) is 0 Å². The molecule has 0 spiro atoms. The summed E-state index contributed by atoms with van der Waals surface area (Å²) in [5, 5.41) is 0. The van der Waals surface area contributed by atoms with E-state index in [1.165, 1.54) is 20.8 Å². The topological polar surface area (TPSA) is 71.5 Å². The molecule has 0 radical (unpaired) electrons. The third-order valence-corrected chi connectivity index (χ3v) is 10.9. The molecule has 0 N–H and O–H groups in total. The van der Waals surface area contributed by atoms with Crippen LogP contribution in [-0.2, 0) is 20.8 Å². The maximum absolute atomic E-state index is 12.9. The van der Waals surface area contributed by atoms with Crippen LogP contribution in [0.15, 0.2) is 0 Å². The van der Waals surface area contributed by atoms with Crippen LogP contribution in [0.5, 0.6) is 0 Å². The minimum Gasteiger partial charge on any atom is -0.175 e. The van der Waals surface area contributed by atoms with E-state index in [1.54, 1.807) is 0 Å². The summed E-state index contributed by atoms with van der Waals surface area (Å²) in [4.78, 5) is 0. The lowest BCUT2D eigenvalue weighted by Gasteiger charge is -2.41. The smallest absolute Gasteiger partial charge is 0.175 e. The molecule has 0 bridgehead atoms. The molecule has 0 aromatic rings. The Labute approximate surface area is 97.0 Å².